The van der Waals surface area contributed by atoms with E-state index in [1.54, 1.807) is 26.0 Å². The summed E-state index contributed by atoms with van der Waals surface area (Å²) in [5, 5.41) is 9.59. The summed E-state index contributed by atoms with van der Waals surface area (Å²) >= 11 is 0. The highest BCUT2D eigenvalue weighted by atomic mass is 31.2. The van der Waals surface area contributed by atoms with E-state index in [9.17, 15) is 27.6 Å². The van der Waals surface area contributed by atoms with Crippen molar-refractivity contribution in [1.82, 2.24) is 0 Å². The van der Waals surface area contributed by atoms with Gasteiger partial charge in [-0.15, -0.1) is 0 Å². The van der Waals surface area contributed by atoms with E-state index in [0.29, 0.717) is 5.75 Å². The highest BCUT2D eigenvalue weighted by Gasteiger charge is 2.37. The molecule has 1 N–H and O–H groups in total. The number of allylic oxidation sites excluding steroid dienone is 2. The molecule has 0 saturated heterocycles. The number of alkyl halides is 3. The minimum absolute atomic E-state index is 0.0369. The molecule has 6 nitrogen and oxygen atoms in total. The Bertz CT molecular complexity index is 731. The number of carbonyl (C=O) groups is 1. The first-order chi connectivity index (χ1) is 13.1. The number of ether oxygens (including phenoxy) is 1. The van der Waals surface area contributed by atoms with Gasteiger partial charge in [0.2, 0.25) is 0 Å². The van der Waals surface area contributed by atoms with Crippen molar-refractivity contribution < 1.29 is 41.4 Å². The van der Waals surface area contributed by atoms with Gasteiger partial charge in [0.1, 0.15) is 18.1 Å². The Kier molecular flexibility index (Phi) is 9.45. The molecule has 0 aliphatic rings. The van der Waals surface area contributed by atoms with E-state index in [1.165, 1.54) is 24.3 Å². The molecular formula is C18H22F3O6P. The van der Waals surface area contributed by atoms with Crippen LogP contribution in [0.15, 0.2) is 42.5 Å². The van der Waals surface area contributed by atoms with E-state index in [2.05, 4.69) is 0 Å². The van der Waals surface area contributed by atoms with E-state index >= 15 is 0 Å². The number of aliphatic hydroxyl groups is 1. The van der Waals surface area contributed by atoms with E-state index in [4.69, 9.17) is 13.8 Å². The molecule has 0 aromatic heterocycles. The maximum atomic E-state index is 12.2. The first-order valence-corrected chi connectivity index (χ1v) is 10.1. The highest BCUT2D eigenvalue weighted by molar-refractivity contribution is 7.54. The van der Waals surface area contributed by atoms with Crippen molar-refractivity contribution in [3.63, 3.8) is 0 Å². The molecule has 0 amide bonds. The molecule has 0 bridgehead atoms. The minimum atomic E-state index is -5.04. The van der Waals surface area contributed by atoms with Crippen LogP contribution >= 0.6 is 7.60 Å². The van der Waals surface area contributed by atoms with Crippen LogP contribution in [0.1, 0.15) is 19.4 Å². The van der Waals surface area contributed by atoms with Gasteiger partial charge >= 0.3 is 13.8 Å². The number of benzene rings is 1. The van der Waals surface area contributed by atoms with E-state index in [-0.39, 0.29) is 37.6 Å². The zero-order chi connectivity index (χ0) is 21.2. The molecule has 1 aromatic rings. The van der Waals surface area contributed by atoms with Crippen molar-refractivity contribution >= 4 is 19.1 Å². The summed E-state index contributed by atoms with van der Waals surface area (Å²) in [6.07, 6.45) is -1.59. The third-order valence-electron chi connectivity index (χ3n) is 3.19. The molecule has 28 heavy (non-hydrogen) atoms. The smallest absolute Gasteiger partial charge is 0.454 e. The van der Waals surface area contributed by atoms with Crippen LogP contribution in [0, 0.1) is 0 Å². The molecule has 0 fully saturated rings. The summed E-state index contributed by atoms with van der Waals surface area (Å²) in [6, 6.07) is 5.48. The first kappa shape index (κ1) is 23.9. The van der Waals surface area contributed by atoms with Crippen LogP contribution in [0.5, 0.6) is 5.75 Å². The molecule has 0 unspecified atom stereocenters. The summed E-state index contributed by atoms with van der Waals surface area (Å²) in [5.41, 5.74) is 0.0369. The number of ketones is 1. The van der Waals surface area contributed by atoms with Gasteiger partial charge in [0.05, 0.1) is 19.4 Å². The van der Waals surface area contributed by atoms with Crippen molar-refractivity contribution in [3.05, 3.63) is 48.1 Å². The average molecular weight is 422 g/mol. The van der Waals surface area contributed by atoms with Gasteiger partial charge in [-0.3, -0.25) is 9.36 Å². The third-order valence-corrected chi connectivity index (χ3v) is 5.15. The van der Waals surface area contributed by atoms with Gasteiger partial charge < -0.3 is 18.9 Å². The quantitative estimate of drug-likeness (QED) is 0.236. The topological polar surface area (TPSA) is 82.1 Å². The summed E-state index contributed by atoms with van der Waals surface area (Å²) < 4.78 is 64.5. The molecule has 0 heterocycles. The number of hydrogen-bond acceptors (Lipinski definition) is 6. The van der Waals surface area contributed by atoms with Crippen molar-refractivity contribution in [2.75, 3.05) is 26.0 Å². The maximum Gasteiger partial charge on any atom is 0.454 e. The molecule has 0 radical (unpaired) electrons. The summed E-state index contributed by atoms with van der Waals surface area (Å²) in [5.74, 6) is -2.55. The third kappa shape index (κ3) is 8.29. The van der Waals surface area contributed by atoms with Gasteiger partial charge in [-0.1, -0.05) is 12.2 Å². The fourth-order valence-corrected chi connectivity index (χ4v) is 3.44. The van der Waals surface area contributed by atoms with Crippen molar-refractivity contribution in [3.8, 4) is 5.75 Å². The summed E-state index contributed by atoms with van der Waals surface area (Å²) in [4.78, 5) is 10.8. The molecule has 1 rings (SSSR count). The molecule has 1 aromatic carbocycles. The van der Waals surface area contributed by atoms with Crippen LogP contribution in [0.4, 0.5) is 13.2 Å². The number of rotatable bonds is 11. The number of carbonyl (C=O) groups excluding carboxylic acids is 1. The lowest BCUT2D eigenvalue weighted by Gasteiger charge is -2.14. The Morgan fingerprint density at radius 3 is 2.18 bits per heavy atom. The largest absolute Gasteiger partial charge is 0.507 e. The molecule has 0 spiro atoms. The van der Waals surface area contributed by atoms with Gasteiger partial charge in [0.15, 0.2) is 0 Å². The Labute approximate surface area is 161 Å². The standard InChI is InChI=1S/C18H22F3O6P/c1-3-26-28(24,27-4-2)12-6-5-11-25-15-9-7-14(8-10-15)16(22)13-17(23)18(19,20)21/h5-10,13,22H,3-4,11-12H2,1-2H3/b6-5+,16-13-. The monoisotopic (exact) mass is 422 g/mol. The molecule has 0 aliphatic heterocycles. The number of hydrogen-bond donors (Lipinski definition) is 1. The van der Waals surface area contributed by atoms with Crippen LogP contribution in [0.25, 0.3) is 5.76 Å². The Morgan fingerprint density at radius 1 is 1.11 bits per heavy atom. The van der Waals surface area contributed by atoms with Crippen LogP contribution in [-0.4, -0.2) is 43.0 Å². The molecule has 156 valence electrons. The second kappa shape index (κ2) is 11.0. The van der Waals surface area contributed by atoms with E-state index in [0.717, 1.165) is 0 Å². The SMILES string of the molecule is CCOP(=O)(C/C=C/COc1ccc(/C(O)=C/C(=O)C(F)(F)F)cc1)OCC. The normalized spacial score (nSPS) is 13.1. The summed E-state index contributed by atoms with van der Waals surface area (Å²) in [7, 11) is -3.16. The highest BCUT2D eigenvalue weighted by Crippen LogP contribution is 2.47. The Balaban J connectivity index is 2.58. The minimum Gasteiger partial charge on any atom is -0.507 e. The summed E-state index contributed by atoms with van der Waals surface area (Å²) in [6.45, 7) is 4.11. The van der Waals surface area contributed by atoms with Gasteiger partial charge in [-0.25, -0.2) is 0 Å². The second-order valence-electron chi connectivity index (χ2n) is 5.33. The van der Waals surface area contributed by atoms with Crippen molar-refractivity contribution in [1.29, 1.82) is 0 Å². The second-order valence-corrected chi connectivity index (χ2v) is 7.43. The van der Waals surface area contributed by atoms with Crippen molar-refractivity contribution in [2.45, 2.75) is 20.0 Å². The van der Waals surface area contributed by atoms with Gasteiger partial charge in [0.25, 0.3) is 5.78 Å². The van der Waals surface area contributed by atoms with Gasteiger partial charge in [-0.2, -0.15) is 13.2 Å². The van der Waals surface area contributed by atoms with Crippen LogP contribution < -0.4 is 4.74 Å². The fourth-order valence-electron chi connectivity index (χ4n) is 1.96. The van der Waals surface area contributed by atoms with Gasteiger partial charge in [0, 0.05) is 11.6 Å². The molecule has 0 atom stereocenters. The lowest BCUT2D eigenvalue weighted by molar-refractivity contribution is -0.165. The maximum absolute atomic E-state index is 12.2. The molecular weight excluding hydrogens is 400 g/mol. The zero-order valence-corrected chi connectivity index (χ0v) is 16.3. The number of halogens is 3. The lowest BCUT2D eigenvalue weighted by atomic mass is 10.1. The molecule has 10 heteroatoms. The van der Waals surface area contributed by atoms with E-state index < -0.39 is 25.3 Å². The van der Waals surface area contributed by atoms with Crippen LogP contribution in [-0.2, 0) is 18.4 Å². The van der Waals surface area contributed by atoms with Gasteiger partial charge in [-0.05, 0) is 38.1 Å². The molecule has 0 saturated carbocycles. The molecule has 0 aliphatic carbocycles. The first-order valence-electron chi connectivity index (χ1n) is 8.39. The predicted octanol–water partition coefficient (Wildman–Crippen LogP) is 4.92. The fraction of sp³-hybridized carbons (Fsp3) is 0.389. The number of aliphatic hydroxyl groups excluding tert-OH is 1. The van der Waals surface area contributed by atoms with Crippen LogP contribution in [0.3, 0.4) is 0 Å². The van der Waals surface area contributed by atoms with Crippen LogP contribution in [0.2, 0.25) is 0 Å². The zero-order valence-electron chi connectivity index (χ0n) is 15.4. The van der Waals surface area contributed by atoms with Crippen molar-refractivity contribution in [2.24, 2.45) is 0 Å². The Morgan fingerprint density at radius 2 is 1.68 bits per heavy atom. The average Bonchev–Trinajstić information content (AvgIpc) is 2.61. The Hall–Kier alpha value is -2.09. The van der Waals surface area contributed by atoms with E-state index in [1.807, 2.05) is 0 Å². The lowest BCUT2D eigenvalue weighted by Crippen LogP contribution is -2.20. The predicted molar refractivity (Wildman–Crippen MR) is 98.5 cm³/mol.